The van der Waals surface area contributed by atoms with Gasteiger partial charge in [-0.3, -0.25) is 4.79 Å². The van der Waals surface area contributed by atoms with Crippen LogP contribution in [0.15, 0.2) is 40.2 Å². The Kier molecular flexibility index (Phi) is 4.02. The third-order valence-electron chi connectivity index (χ3n) is 2.84. The molecule has 2 rings (SSSR count). The van der Waals surface area contributed by atoms with Gasteiger partial charge in [0.25, 0.3) is 5.56 Å². The molecular formula is C15H12ClN3O. The second-order valence-electron chi connectivity index (χ2n) is 4.37. The van der Waals surface area contributed by atoms with Crippen molar-refractivity contribution >= 4 is 17.8 Å². The van der Waals surface area contributed by atoms with Crippen LogP contribution in [0.1, 0.15) is 22.4 Å². The van der Waals surface area contributed by atoms with E-state index in [4.69, 9.17) is 16.9 Å². The molecule has 0 aliphatic carbocycles. The minimum atomic E-state index is -0.414. The number of benzene rings is 1. The number of halogens is 1. The van der Waals surface area contributed by atoms with Gasteiger partial charge in [0.1, 0.15) is 11.6 Å². The first kappa shape index (κ1) is 14.0. The minimum Gasteiger partial charge on any atom is -0.266 e. The first-order chi connectivity index (χ1) is 9.52. The molecule has 0 radical (unpaired) electrons. The monoisotopic (exact) mass is 285 g/mol. The Morgan fingerprint density at radius 3 is 2.75 bits per heavy atom. The predicted molar refractivity (Wildman–Crippen MR) is 79.3 cm³/mol. The molecule has 2 aromatic rings. The molecule has 0 atom stereocenters. The fourth-order valence-corrected chi connectivity index (χ4v) is 2.07. The zero-order valence-corrected chi connectivity index (χ0v) is 11.8. The van der Waals surface area contributed by atoms with Crippen LogP contribution in [0, 0.1) is 25.2 Å². The summed E-state index contributed by atoms with van der Waals surface area (Å²) in [6.45, 7) is 3.50. The molecule has 0 bridgehead atoms. The summed E-state index contributed by atoms with van der Waals surface area (Å²) < 4.78 is 1.21. The van der Waals surface area contributed by atoms with Crippen molar-refractivity contribution in [3.05, 3.63) is 68.1 Å². The lowest BCUT2D eigenvalue weighted by Gasteiger charge is -2.06. The summed E-state index contributed by atoms with van der Waals surface area (Å²) in [7, 11) is 0. The van der Waals surface area contributed by atoms with E-state index in [1.54, 1.807) is 38.1 Å². The molecule has 0 unspecified atom stereocenters. The summed E-state index contributed by atoms with van der Waals surface area (Å²) >= 11 is 5.88. The number of nitriles is 1. The Morgan fingerprint density at radius 1 is 1.35 bits per heavy atom. The smallest absolute Gasteiger partial charge is 0.266 e. The highest BCUT2D eigenvalue weighted by Crippen LogP contribution is 2.09. The molecule has 100 valence electrons. The topological polar surface area (TPSA) is 58.1 Å². The second-order valence-corrected chi connectivity index (χ2v) is 4.81. The van der Waals surface area contributed by atoms with Gasteiger partial charge in [0.05, 0.1) is 6.21 Å². The molecule has 0 spiro atoms. The normalized spacial score (nSPS) is 10.7. The molecule has 5 heteroatoms. The van der Waals surface area contributed by atoms with Gasteiger partial charge in [0.15, 0.2) is 0 Å². The van der Waals surface area contributed by atoms with Crippen LogP contribution in [0.2, 0.25) is 5.02 Å². The van der Waals surface area contributed by atoms with Crippen LogP contribution in [-0.2, 0) is 0 Å². The Hall–Kier alpha value is -2.38. The van der Waals surface area contributed by atoms with E-state index in [0.29, 0.717) is 16.3 Å². The molecule has 20 heavy (non-hydrogen) atoms. The van der Waals surface area contributed by atoms with Crippen molar-refractivity contribution in [2.24, 2.45) is 5.10 Å². The highest BCUT2D eigenvalue weighted by atomic mass is 35.5. The summed E-state index contributed by atoms with van der Waals surface area (Å²) in [6.07, 6.45) is 1.54. The summed E-state index contributed by atoms with van der Waals surface area (Å²) in [4.78, 5) is 12.1. The summed E-state index contributed by atoms with van der Waals surface area (Å²) in [5.74, 6) is 0. The lowest BCUT2D eigenvalue weighted by molar-refractivity contribution is 0.786. The number of aromatic nitrogens is 1. The Labute approximate surface area is 121 Å². The zero-order valence-electron chi connectivity index (χ0n) is 11.1. The van der Waals surface area contributed by atoms with Crippen molar-refractivity contribution < 1.29 is 0 Å². The standard InChI is InChI=1S/C15H12ClN3O/c1-10-6-11(2)19(15(20)14(10)8-17)18-9-12-4-3-5-13(16)7-12/h3-7,9H,1-2H3. The van der Waals surface area contributed by atoms with Gasteiger partial charge in [-0.15, -0.1) is 0 Å². The Morgan fingerprint density at radius 2 is 2.10 bits per heavy atom. The van der Waals surface area contributed by atoms with Crippen LogP contribution < -0.4 is 5.56 Å². The summed E-state index contributed by atoms with van der Waals surface area (Å²) in [5, 5.41) is 13.7. The van der Waals surface area contributed by atoms with Gasteiger partial charge in [0, 0.05) is 10.7 Å². The molecule has 4 nitrogen and oxygen atoms in total. The highest BCUT2D eigenvalue weighted by molar-refractivity contribution is 6.30. The second kappa shape index (κ2) is 5.72. The average molecular weight is 286 g/mol. The van der Waals surface area contributed by atoms with Gasteiger partial charge in [-0.2, -0.15) is 10.4 Å². The van der Waals surface area contributed by atoms with Gasteiger partial charge in [-0.1, -0.05) is 23.7 Å². The zero-order chi connectivity index (χ0) is 14.7. The number of pyridine rings is 1. The van der Waals surface area contributed by atoms with Crippen LogP contribution in [0.5, 0.6) is 0 Å². The van der Waals surface area contributed by atoms with E-state index in [0.717, 1.165) is 5.56 Å². The van der Waals surface area contributed by atoms with E-state index in [9.17, 15) is 4.79 Å². The number of aryl methyl sites for hydroxylation is 2. The fourth-order valence-electron chi connectivity index (χ4n) is 1.87. The van der Waals surface area contributed by atoms with E-state index in [1.165, 1.54) is 10.9 Å². The largest absolute Gasteiger partial charge is 0.289 e. The van der Waals surface area contributed by atoms with Crippen molar-refractivity contribution in [1.82, 2.24) is 4.68 Å². The number of hydrogen-bond donors (Lipinski definition) is 0. The molecule has 0 aliphatic rings. The van der Waals surface area contributed by atoms with Crippen molar-refractivity contribution in [1.29, 1.82) is 5.26 Å². The molecule has 0 saturated heterocycles. The quantitative estimate of drug-likeness (QED) is 0.797. The van der Waals surface area contributed by atoms with Crippen LogP contribution in [0.3, 0.4) is 0 Å². The lowest BCUT2D eigenvalue weighted by atomic mass is 10.1. The van der Waals surface area contributed by atoms with Crippen molar-refractivity contribution in [3.8, 4) is 6.07 Å². The van der Waals surface area contributed by atoms with Crippen molar-refractivity contribution in [3.63, 3.8) is 0 Å². The van der Waals surface area contributed by atoms with E-state index in [-0.39, 0.29) is 5.56 Å². The van der Waals surface area contributed by atoms with Crippen LogP contribution in [-0.4, -0.2) is 10.9 Å². The molecule has 1 aromatic carbocycles. The maximum absolute atomic E-state index is 12.1. The third kappa shape index (κ3) is 2.79. The molecule has 1 heterocycles. The Balaban J connectivity index is 2.50. The van der Waals surface area contributed by atoms with Crippen molar-refractivity contribution in [2.45, 2.75) is 13.8 Å². The lowest BCUT2D eigenvalue weighted by Crippen LogP contribution is -2.22. The third-order valence-corrected chi connectivity index (χ3v) is 3.08. The van der Waals surface area contributed by atoms with Gasteiger partial charge >= 0.3 is 0 Å². The molecular weight excluding hydrogens is 274 g/mol. The molecule has 0 aliphatic heterocycles. The van der Waals surface area contributed by atoms with Crippen molar-refractivity contribution in [2.75, 3.05) is 0 Å². The first-order valence-corrected chi connectivity index (χ1v) is 6.34. The van der Waals surface area contributed by atoms with E-state index < -0.39 is 5.56 Å². The highest BCUT2D eigenvalue weighted by Gasteiger charge is 2.08. The molecule has 0 amide bonds. The molecule has 0 saturated carbocycles. The molecule has 1 aromatic heterocycles. The molecule has 0 fully saturated rings. The van der Waals surface area contributed by atoms with Gasteiger partial charge < -0.3 is 0 Å². The van der Waals surface area contributed by atoms with Gasteiger partial charge in [-0.05, 0) is 43.2 Å². The Bertz CT molecular complexity index is 785. The van der Waals surface area contributed by atoms with Gasteiger partial charge in [-0.25, -0.2) is 4.68 Å². The fraction of sp³-hybridized carbons (Fsp3) is 0.133. The maximum Gasteiger partial charge on any atom is 0.289 e. The number of hydrogen-bond acceptors (Lipinski definition) is 3. The van der Waals surface area contributed by atoms with Gasteiger partial charge in [0.2, 0.25) is 0 Å². The van der Waals surface area contributed by atoms with Crippen LogP contribution in [0.25, 0.3) is 0 Å². The SMILES string of the molecule is Cc1cc(C)n(N=Cc2cccc(Cl)c2)c(=O)c1C#N. The number of nitrogens with zero attached hydrogens (tertiary/aromatic N) is 3. The average Bonchev–Trinajstić information content (AvgIpc) is 2.38. The van der Waals surface area contributed by atoms with E-state index >= 15 is 0 Å². The summed E-state index contributed by atoms with van der Waals surface area (Å²) in [5.41, 5.74) is 1.80. The maximum atomic E-state index is 12.1. The van der Waals surface area contributed by atoms with E-state index in [2.05, 4.69) is 5.10 Å². The van der Waals surface area contributed by atoms with Crippen LogP contribution in [0.4, 0.5) is 0 Å². The molecule has 0 N–H and O–H groups in total. The van der Waals surface area contributed by atoms with Crippen LogP contribution >= 0.6 is 11.6 Å². The van der Waals surface area contributed by atoms with E-state index in [1.807, 2.05) is 12.1 Å². The number of rotatable bonds is 2. The minimum absolute atomic E-state index is 0.110. The summed E-state index contributed by atoms with van der Waals surface area (Å²) in [6, 6.07) is 10.8. The first-order valence-electron chi connectivity index (χ1n) is 5.96. The predicted octanol–water partition coefficient (Wildman–Crippen LogP) is 2.87.